The van der Waals surface area contributed by atoms with Crippen LogP contribution in [0, 0.1) is 0 Å². The summed E-state index contributed by atoms with van der Waals surface area (Å²) in [6.45, 7) is 2.26. The Morgan fingerprint density at radius 2 is 2.15 bits per heavy atom. The third-order valence-electron chi connectivity index (χ3n) is 4.12. The van der Waals surface area contributed by atoms with Crippen LogP contribution in [0.15, 0.2) is 48.2 Å². The van der Waals surface area contributed by atoms with Gasteiger partial charge in [-0.25, -0.2) is 4.79 Å². The SMILES string of the molecule is CCOc1cc(/C=C2/N[C@H](c3sc4ccccc4c3Cl)OC2=O)ccc1O. The van der Waals surface area contributed by atoms with Crippen LogP contribution in [-0.2, 0) is 9.53 Å². The van der Waals surface area contributed by atoms with Gasteiger partial charge < -0.3 is 19.9 Å². The van der Waals surface area contributed by atoms with Gasteiger partial charge in [0.2, 0.25) is 6.23 Å². The molecule has 3 aromatic rings. The Labute approximate surface area is 164 Å². The summed E-state index contributed by atoms with van der Waals surface area (Å²) in [5.41, 5.74) is 1.03. The summed E-state index contributed by atoms with van der Waals surface area (Å²) >= 11 is 7.97. The molecule has 5 nitrogen and oxygen atoms in total. The van der Waals surface area contributed by atoms with Gasteiger partial charge in [-0.15, -0.1) is 11.3 Å². The number of rotatable bonds is 4. The number of ether oxygens (including phenoxy) is 2. The number of carbonyl (C=O) groups is 1. The smallest absolute Gasteiger partial charge is 0.356 e. The van der Waals surface area contributed by atoms with Crippen LogP contribution in [0.1, 0.15) is 23.6 Å². The summed E-state index contributed by atoms with van der Waals surface area (Å²) in [5.74, 6) is -0.0437. The van der Waals surface area contributed by atoms with E-state index < -0.39 is 12.2 Å². The number of hydrogen-bond acceptors (Lipinski definition) is 6. The van der Waals surface area contributed by atoms with Gasteiger partial charge in [0, 0.05) is 10.1 Å². The number of phenolic OH excluding ortho intramolecular Hbond substituents is 1. The molecule has 1 aromatic heterocycles. The molecule has 4 rings (SSSR count). The Kier molecular flexibility index (Phi) is 4.68. The Morgan fingerprint density at radius 3 is 2.93 bits per heavy atom. The summed E-state index contributed by atoms with van der Waals surface area (Å²) in [4.78, 5) is 13.1. The number of thiophene rings is 1. The summed E-state index contributed by atoms with van der Waals surface area (Å²) < 4.78 is 11.9. The zero-order chi connectivity index (χ0) is 19.0. The maximum Gasteiger partial charge on any atom is 0.356 e. The van der Waals surface area contributed by atoms with Crippen LogP contribution in [0.2, 0.25) is 5.02 Å². The van der Waals surface area contributed by atoms with E-state index in [9.17, 15) is 9.90 Å². The fourth-order valence-corrected chi connectivity index (χ4v) is 4.39. The molecule has 2 N–H and O–H groups in total. The van der Waals surface area contributed by atoms with Crippen molar-refractivity contribution in [2.24, 2.45) is 0 Å². The molecule has 0 bridgehead atoms. The molecular formula is C20H16ClNO4S. The minimum absolute atomic E-state index is 0.0518. The van der Waals surface area contributed by atoms with Gasteiger partial charge in [0.15, 0.2) is 11.5 Å². The number of carbonyl (C=O) groups excluding carboxylic acids is 1. The molecule has 1 atom stereocenters. The molecule has 1 aliphatic heterocycles. The van der Waals surface area contributed by atoms with Crippen LogP contribution in [0.3, 0.4) is 0 Å². The third kappa shape index (κ3) is 3.34. The van der Waals surface area contributed by atoms with E-state index in [0.717, 1.165) is 15.0 Å². The molecule has 1 saturated heterocycles. The monoisotopic (exact) mass is 401 g/mol. The predicted molar refractivity (Wildman–Crippen MR) is 106 cm³/mol. The standard InChI is InChI=1S/C20H16ClNO4S/c1-2-25-15-10-11(7-8-14(15)23)9-13-20(24)26-19(22-13)18-17(21)12-5-3-4-6-16(12)27-18/h3-10,19,22-23H,2H2,1H3/b13-9+/t19-/m0/s1. The van der Waals surface area contributed by atoms with Crippen LogP contribution in [0.5, 0.6) is 11.5 Å². The first-order valence-corrected chi connectivity index (χ1v) is 9.58. The lowest BCUT2D eigenvalue weighted by Gasteiger charge is -2.08. The number of aromatic hydroxyl groups is 1. The van der Waals surface area contributed by atoms with Gasteiger partial charge in [0.05, 0.1) is 16.5 Å². The molecule has 0 unspecified atom stereocenters. The lowest BCUT2D eigenvalue weighted by atomic mass is 10.1. The number of cyclic esters (lactones) is 1. The number of nitrogens with one attached hydrogen (secondary N) is 1. The van der Waals surface area contributed by atoms with Crippen LogP contribution >= 0.6 is 22.9 Å². The molecular weight excluding hydrogens is 386 g/mol. The maximum atomic E-state index is 12.3. The average molecular weight is 402 g/mol. The van der Waals surface area contributed by atoms with E-state index in [1.54, 1.807) is 18.2 Å². The van der Waals surface area contributed by atoms with E-state index in [2.05, 4.69) is 5.32 Å². The number of halogens is 1. The number of benzene rings is 2. The molecule has 27 heavy (non-hydrogen) atoms. The Morgan fingerprint density at radius 1 is 1.33 bits per heavy atom. The molecule has 0 radical (unpaired) electrons. The van der Waals surface area contributed by atoms with Gasteiger partial charge in [-0.3, -0.25) is 0 Å². The van der Waals surface area contributed by atoms with Crippen LogP contribution in [0.4, 0.5) is 0 Å². The van der Waals surface area contributed by atoms with Crippen molar-refractivity contribution in [2.45, 2.75) is 13.2 Å². The predicted octanol–water partition coefficient (Wildman–Crippen LogP) is 4.85. The van der Waals surface area contributed by atoms with Crippen molar-refractivity contribution < 1.29 is 19.4 Å². The number of fused-ring (bicyclic) bond motifs is 1. The van der Waals surface area contributed by atoms with Gasteiger partial charge in [0.25, 0.3) is 0 Å². The molecule has 0 aliphatic carbocycles. The first-order chi connectivity index (χ1) is 13.1. The second-order valence-electron chi connectivity index (χ2n) is 5.92. The lowest BCUT2D eigenvalue weighted by molar-refractivity contribution is -0.139. The number of hydrogen-bond donors (Lipinski definition) is 2. The van der Waals surface area contributed by atoms with Crippen LogP contribution in [0.25, 0.3) is 16.2 Å². The average Bonchev–Trinajstić information content (AvgIpc) is 3.19. The third-order valence-corrected chi connectivity index (χ3v) is 5.86. The summed E-state index contributed by atoms with van der Waals surface area (Å²) in [6.07, 6.45) is 1.03. The Hall–Kier alpha value is -2.70. The van der Waals surface area contributed by atoms with Gasteiger partial charge >= 0.3 is 5.97 Å². The van der Waals surface area contributed by atoms with E-state index in [-0.39, 0.29) is 5.75 Å². The van der Waals surface area contributed by atoms with Gasteiger partial charge in [-0.1, -0.05) is 35.9 Å². The highest BCUT2D eigenvalue weighted by Gasteiger charge is 2.32. The van der Waals surface area contributed by atoms with Gasteiger partial charge in [-0.05, 0) is 36.8 Å². The fourth-order valence-electron chi connectivity index (χ4n) is 2.88. The molecule has 138 valence electrons. The molecule has 1 aliphatic rings. The van der Waals surface area contributed by atoms with E-state index in [1.165, 1.54) is 17.4 Å². The van der Waals surface area contributed by atoms with Crippen molar-refractivity contribution >= 4 is 45.1 Å². The van der Waals surface area contributed by atoms with Crippen molar-refractivity contribution in [3.63, 3.8) is 0 Å². The molecule has 0 spiro atoms. The Balaban J connectivity index is 1.63. The van der Waals surface area contributed by atoms with Gasteiger partial charge in [-0.2, -0.15) is 0 Å². The first-order valence-electron chi connectivity index (χ1n) is 8.38. The fraction of sp³-hybridized carbons (Fsp3) is 0.150. The van der Waals surface area contributed by atoms with E-state index in [4.69, 9.17) is 21.1 Å². The summed E-state index contributed by atoms with van der Waals surface area (Å²) in [6, 6.07) is 12.7. The minimum atomic E-state index is -0.628. The second-order valence-corrected chi connectivity index (χ2v) is 7.39. The van der Waals surface area contributed by atoms with E-state index >= 15 is 0 Å². The molecule has 7 heteroatoms. The van der Waals surface area contributed by atoms with Crippen molar-refractivity contribution in [1.29, 1.82) is 0 Å². The summed E-state index contributed by atoms with van der Waals surface area (Å²) in [5, 5.41) is 14.4. The number of esters is 1. The highest BCUT2D eigenvalue weighted by Crippen LogP contribution is 2.41. The molecule has 2 heterocycles. The highest BCUT2D eigenvalue weighted by atomic mass is 35.5. The Bertz CT molecular complexity index is 1060. The number of phenols is 1. The molecule has 2 aromatic carbocycles. The van der Waals surface area contributed by atoms with Crippen molar-refractivity contribution in [2.75, 3.05) is 6.61 Å². The molecule has 0 saturated carbocycles. The lowest BCUT2D eigenvalue weighted by Crippen LogP contribution is -2.12. The topological polar surface area (TPSA) is 67.8 Å². The van der Waals surface area contributed by atoms with Gasteiger partial charge in [0.1, 0.15) is 5.70 Å². The van der Waals surface area contributed by atoms with Crippen molar-refractivity contribution in [1.82, 2.24) is 5.32 Å². The quantitative estimate of drug-likeness (QED) is 0.483. The molecule has 0 amide bonds. The first kappa shape index (κ1) is 17.7. The normalized spacial score (nSPS) is 17.9. The zero-order valence-corrected chi connectivity index (χ0v) is 15.9. The largest absolute Gasteiger partial charge is 0.504 e. The summed E-state index contributed by atoms with van der Waals surface area (Å²) in [7, 11) is 0. The van der Waals surface area contributed by atoms with Crippen LogP contribution in [-0.4, -0.2) is 17.7 Å². The van der Waals surface area contributed by atoms with Crippen molar-refractivity contribution in [3.8, 4) is 11.5 Å². The molecule has 1 fully saturated rings. The maximum absolute atomic E-state index is 12.3. The highest BCUT2D eigenvalue weighted by molar-refractivity contribution is 7.19. The van der Waals surface area contributed by atoms with E-state index in [1.807, 2.05) is 31.2 Å². The zero-order valence-electron chi connectivity index (χ0n) is 14.4. The second kappa shape index (κ2) is 7.13. The van der Waals surface area contributed by atoms with E-state index in [0.29, 0.717) is 28.6 Å². The van der Waals surface area contributed by atoms with Crippen molar-refractivity contribution in [3.05, 3.63) is 63.6 Å². The minimum Gasteiger partial charge on any atom is -0.504 e. The van der Waals surface area contributed by atoms with Crippen LogP contribution < -0.4 is 10.1 Å².